The highest BCUT2D eigenvalue weighted by Crippen LogP contribution is 2.22. The lowest BCUT2D eigenvalue weighted by atomic mass is 9.94. The number of aryl methyl sites for hydroxylation is 2. The van der Waals surface area contributed by atoms with Gasteiger partial charge in [-0.15, -0.1) is 0 Å². The van der Waals surface area contributed by atoms with E-state index in [0.29, 0.717) is 0 Å². The number of aromatic nitrogens is 1. The van der Waals surface area contributed by atoms with Gasteiger partial charge in [-0.25, -0.2) is 4.39 Å². The average Bonchev–Trinajstić information content (AvgIpc) is 2.41. The van der Waals surface area contributed by atoms with Gasteiger partial charge in [0.15, 0.2) is 0 Å². The van der Waals surface area contributed by atoms with Crippen LogP contribution in [0.3, 0.4) is 0 Å². The Kier molecular flexibility index (Phi) is 4.27. The highest BCUT2D eigenvalue weighted by molar-refractivity contribution is 5.31. The van der Waals surface area contributed by atoms with Crippen molar-refractivity contribution in [3.63, 3.8) is 0 Å². The Balaban J connectivity index is 2.29. The second-order valence-corrected chi connectivity index (χ2v) is 4.85. The van der Waals surface area contributed by atoms with Crippen LogP contribution in [-0.2, 0) is 6.42 Å². The minimum absolute atomic E-state index is 0.170. The van der Waals surface area contributed by atoms with Gasteiger partial charge in [0.2, 0.25) is 0 Å². The summed E-state index contributed by atoms with van der Waals surface area (Å²) in [5, 5.41) is 3.30. The van der Waals surface area contributed by atoms with Crippen molar-refractivity contribution in [2.75, 3.05) is 7.05 Å². The third-order valence-electron chi connectivity index (χ3n) is 3.52. The van der Waals surface area contributed by atoms with Gasteiger partial charge in [0.1, 0.15) is 5.82 Å². The van der Waals surface area contributed by atoms with E-state index in [0.717, 1.165) is 23.1 Å². The highest BCUT2D eigenvalue weighted by atomic mass is 19.1. The van der Waals surface area contributed by atoms with Crippen LogP contribution in [0.4, 0.5) is 4.39 Å². The molecule has 1 N–H and O–H groups in total. The summed E-state index contributed by atoms with van der Waals surface area (Å²) in [4.78, 5) is 4.11. The van der Waals surface area contributed by atoms with Crippen molar-refractivity contribution < 1.29 is 4.39 Å². The Hall–Kier alpha value is -1.74. The molecule has 2 aromatic rings. The van der Waals surface area contributed by atoms with Crippen molar-refractivity contribution in [1.82, 2.24) is 10.3 Å². The summed E-state index contributed by atoms with van der Waals surface area (Å²) in [6, 6.07) is 7.15. The second-order valence-electron chi connectivity index (χ2n) is 4.85. The first-order chi connectivity index (χ1) is 9.11. The van der Waals surface area contributed by atoms with Crippen LogP contribution < -0.4 is 5.32 Å². The van der Waals surface area contributed by atoms with Crippen LogP contribution in [0.2, 0.25) is 0 Å². The number of benzene rings is 1. The normalized spacial score (nSPS) is 12.4. The lowest BCUT2D eigenvalue weighted by molar-refractivity contribution is 0.579. The van der Waals surface area contributed by atoms with Crippen LogP contribution in [-0.4, -0.2) is 12.0 Å². The molecule has 0 aliphatic carbocycles. The van der Waals surface area contributed by atoms with Gasteiger partial charge < -0.3 is 5.32 Å². The summed E-state index contributed by atoms with van der Waals surface area (Å²) in [5.41, 5.74) is 4.51. The van der Waals surface area contributed by atoms with Crippen LogP contribution in [0.5, 0.6) is 0 Å². The molecule has 0 amide bonds. The van der Waals surface area contributed by atoms with Crippen LogP contribution >= 0.6 is 0 Å². The molecule has 1 heterocycles. The smallest absolute Gasteiger partial charge is 0.123 e. The number of hydrogen-bond donors (Lipinski definition) is 1. The maximum Gasteiger partial charge on any atom is 0.123 e. The highest BCUT2D eigenvalue weighted by Gasteiger charge is 2.14. The minimum Gasteiger partial charge on any atom is -0.313 e. The monoisotopic (exact) mass is 258 g/mol. The summed E-state index contributed by atoms with van der Waals surface area (Å²) < 4.78 is 13.4. The summed E-state index contributed by atoms with van der Waals surface area (Å²) in [5.74, 6) is -0.179. The van der Waals surface area contributed by atoms with E-state index >= 15 is 0 Å². The predicted octanol–water partition coefficient (Wildman–Crippen LogP) is 3.34. The van der Waals surface area contributed by atoms with Crippen molar-refractivity contribution in [1.29, 1.82) is 0 Å². The molecule has 0 bridgehead atoms. The number of rotatable bonds is 4. The number of hydrogen-bond acceptors (Lipinski definition) is 2. The maximum atomic E-state index is 13.4. The molecule has 1 atom stereocenters. The van der Waals surface area contributed by atoms with Gasteiger partial charge in [-0.05, 0) is 67.8 Å². The Bertz CT molecular complexity index is 566. The van der Waals surface area contributed by atoms with Crippen LogP contribution in [0.15, 0.2) is 36.7 Å². The average molecular weight is 258 g/mol. The van der Waals surface area contributed by atoms with Crippen molar-refractivity contribution in [3.8, 4) is 0 Å². The Morgan fingerprint density at radius 2 is 2.00 bits per heavy atom. The number of likely N-dealkylation sites (N-methyl/N-ethyl adjacent to an activating group) is 1. The van der Waals surface area contributed by atoms with E-state index in [1.165, 1.54) is 11.6 Å². The molecule has 0 spiro atoms. The van der Waals surface area contributed by atoms with Gasteiger partial charge >= 0.3 is 0 Å². The second kappa shape index (κ2) is 5.93. The molecule has 0 saturated heterocycles. The first kappa shape index (κ1) is 13.7. The van der Waals surface area contributed by atoms with Crippen molar-refractivity contribution in [2.45, 2.75) is 26.3 Å². The molecule has 1 unspecified atom stereocenters. The molecule has 0 aliphatic rings. The Labute approximate surface area is 113 Å². The summed E-state index contributed by atoms with van der Waals surface area (Å²) in [6.45, 7) is 4.06. The molecule has 1 aromatic carbocycles. The molecular formula is C16H19FN2. The van der Waals surface area contributed by atoms with Crippen LogP contribution in [0.25, 0.3) is 0 Å². The zero-order valence-corrected chi connectivity index (χ0v) is 11.6. The van der Waals surface area contributed by atoms with Crippen LogP contribution in [0.1, 0.15) is 28.3 Å². The number of halogens is 1. The van der Waals surface area contributed by atoms with Gasteiger partial charge in [-0.1, -0.05) is 6.07 Å². The number of pyridine rings is 1. The van der Waals surface area contributed by atoms with Gasteiger partial charge in [0.25, 0.3) is 0 Å². The fraction of sp³-hybridized carbons (Fsp3) is 0.312. The molecule has 0 radical (unpaired) electrons. The first-order valence-corrected chi connectivity index (χ1v) is 6.44. The third-order valence-corrected chi connectivity index (χ3v) is 3.52. The lowest BCUT2D eigenvalue weighted by Crippen LogP contribution is -2.20. The summed E-state index contributed by atoms with van der Waals surface area (Å²) in [6.07, 6.45) is 4.42. The maximum absolute atomic E-state index is 13.4. The molecule has 3 heteroatoms. The fourth-order valence-electron chi connectivity index (χ4n) is 2.32. The Morgan fingerprint density at radius 1 is 1.21 bits per heavy atom. The topological polar surface area (TPSA) is 24.9 Å². The summed E-state index contributed by atoms with van der Waals surface area (Å²) in [7, 11) is 1.93. The SMILES string of the molecule is CNC(Cc1cc(F)ccc1C)c1ccncc1C. The first-order valence-electron chi connectivity index (χ1n) is 6.44. The van der Waals surface area contributed by atoms with Gasteiger partial charge in [-0.2, -0.15) is 0 Å². The molecule has 19 heavy (non-hydrogen) atoms. The number of nitrogens with zero attached hydrogens (tertiary/aromatic N) is 1. The predicted molar refractivity (Wildman–Crippen MR) is 75.6 cm³/mol. The standard InChI is InChI=1S/C16H19FN2/c1-11-4-5-14(17)8-13(11)9-16(18-3)15-6-7-19-10-12(15)2/h4-8,10,16,18H,9H2,1-3H3. The molecule has 0 aliphatic heterocycles. The lowest BCUT2D eigenvalue weighted by Gasteiger charge is -2.19. The molecule has 100 valence electrons. The zero-order valence-electron chi connectivity index (χ0n) is 11.6. The molecule has 1 aromatic heterocycles. The van der Waals surface area contributed by atoms with E-state index < -0.39 is 0 Å². The molecule has 2 rings (SSSR count). The Morgan fingerprint density at radius 3 is 2.68 bits per heavy atom. The molecule has 0 saturated carbocycles. The van der Waals surface area contributed by atoms with E-state index in [-0.39, 0.29) is 11.9 Å². The van der Waals surface area contributed by atoms with E-state index in [2.05, 4.69) is 10.3 Å². The van der Waals surface area contributed by atoms with Gasteiger partial charge in [-0.3, -0.25) is 4.98 Å². The van der Waals surface area contributed by atoms with Crippen LogP contribution in [0, 0.1) is 19.7 Å². The van der Waals surface area contributed by atoms with Crippen molar-refractivity contribution in [2.24, 2.45) is 0 Å². The fourth-order valence-corrected chi connectivity index (χ4v) is 2.32. The third kappa shape index (κ3) is 3.18. The van der Waals surface area contributed by atoms with Crippen molar-refractivity contribution in [3.05, 3.63) is 64.7 Å². The molecular weight excluding hydrogens is 239 g/mol. The largest absolute Gasteiger partial charge is 0.313 e. The summed E-state index contributed by atoms with van der Waals surface area (Å²) >= 11 is 0. The van der Waals surface area contributed by atoms with E-state index in [9.17, 15) is 4.39 Å². The van der Waals surface area contributed by atoms with Gasteiger partial charge in [0.05, 0.1) is 0 Å². The van der Waals surface area contributed by atoms with Gasteiger partial charge in [0, 0.05) is 18.4 Å². The molecule has 2 nitrogen and oxygen atoms in total. The van der Waals surface area contributed by atoms with E-state index in [1.54, 1.807) is 12.3 Å². The quantitative estimate of drug-likeness (QED) is 0.909. The van der Waals surface area contributed by atoms with E-state index in [1.807, 2.05) is 39.2 Å². The van der Waals surface area contributed by atoms with E-state index in [4.69, 9.17) is 0 Å². The zero-order chi connectivity index (χ0) is 13.8. The number of nitrogens with one attached hydrogen (secondary N) is 1. The molecule has 0 fully saturated rings. The van der Waals surface area contributed by atoms with Crippen molar-refractivity contribution >= 4 is 0 Å². The minimum atomic E-state index is -0.179.